The van der Waals surface area contributed by atoms with E-state index in [9.17, 15) is 9.18 Å². The maximum absolute atomic E-state index is 13.2. The maximum Gasteiger partial charge on any atom is 0.260 e. The van der Waals surface area contributed by atoms with E-state index in [1.807, 2.05) is 11.4 Å². The molecule has 1 amide bonds. The molecule has 0 atom stereocenters. The molecule has 6 nitrogen and oxygen atoms in total. The molecule has 0 aliphatic heterocycles. The van der Waals surface area contributed by atoms with Gasteiger partial charge in [0.1, 0.15) is 17.3 Å². The number of hydrogen-bond acceptors (Lipinski definition) is 6. The van der Waals surface area contributed by atoms with Crippen molar-refractivity contribution in [2.75, 3.05) is 39.4 Å². The molecule has 0 bridgehead atoms. The van der Waals surface area contributed by atoms with Gasteiger partial charge in [0.25, 0.3) is 5.91 Å². The lowest BCUT2D eigenvalue weighted by Crippen LogP contribution is -2.33. The second-order valence-corrected chi connectivity index (χ2v) is 6.87. The van der Waals surface area contributed by atoms with E-state index in [1.54, 1.807) is 33.5 Å². The van der Waals surface area contributed by atoms with Crippen LogP contribution in [-0.2, 0) is 4.74 Å². The summed E-state index contributed by atoms with van der Waals surface area (Å²) in [6.07, 6.45) is 0. The van der Waals surface area contributed by atoms with Gasteiger partial charge in [0.05, 0.1) is 33.1 Å². The highest BCUT2D eigenvalue weighted by Gasteiger charge is 2.22. The van der Waals surface area contributed by atoms with Gasteiger partial charge in [-0.3, -0.25) is 9.69 Å². The van der Waals surface area contributed by atoms with E-state index < -0.39 is 5.82 Å². The molecule has 0 fully saturated rings. The maximum atomic E-state index is 13.2. The third kappa shape index (κ3) is 4.72. The van der Waals surface area contributed by atoms with Crippen molar-refractivity contribution in [3.8, 4) is 22.8 Å². The molecule has 0 N–H and O–H groups in total. The Balaban J connectivity index is 1.96. The van der Waals surface area contributed by atoms with Crippen molar-refractivity contribution < 1.29 is 23.4 Å². The number of benzene rings is 2. The molecule has 0 aliphatic rings. The van der Waals surface area contributed by atoms with Crippen LogP contribution in [0, 0.1) is 5.82 Å². The normalized spacial score (nSPS) is 10.6. The fourth-order valence-corrected chi connectivity index (χ4v) is 3.59. The smallest absolute Gasteiger partial charge is 0.260 e. The molecule has 152 valence electrons. The summed E-state index contributed by atoms with van der Waals surface area (Å²) in [5, 5.41) is 2.36. The molecule has 1 aromatic heterocycles. The number of methoxy groups -OCH3 is 3. The first-order chi connectivity index (χ1) is 14.1. The number of hydrogen-bond donors (Lipinski definition) is 0. The van der Waals surface area contributed by atoms with Crippen molar-refractivity contribution in [2.45, 2.75) is 0 Å². The van der Waals surface area contributed by atoms with Crippen LogP contribution < -0.4 is 14.4 Å². The number of anilines is 1. The summed E-state index contributed by atoms with van der Waals surface area (Å²) in [6, 6.07) is 10.9. The number of thiazole rings is 1. The van der Waals surface area contributed by atoms with Crippen molar-refractivity contribution in [2.24, 2.45) is 0 Å². The van der Waals surface area contributed by atoms with Gasteiger partial charge in [0.2, 0.25) is 0 Å². The minimum absolute atomic E-state index is 0.277. The molecule has 1 heterocycles. The van der Waals surface area contributed by atoms with Crippen molar-refractivity contribution >= 4 is 22.4 Å². The van der Waals surface area contributed by atoms with Gasteiger partial charge in [-0.2, -0.15) is 0 Å². The third-order valence-corrected chi connectivity index (χ3v) is 5.12. The zero-order chi connectivity index (χ0) is 20.8. The van der Waals surface area contributed by atoms with Crippen LogP contribution in [-0.4, -0.2) is 45.4 Å². The largest absolute Gasteiger partial charge is 0.497 e. The van der Waals surface area contributed by atoms with Crippen LogP contribution in [0.3, 0.4) is 0 Å². The first kappa shape index (κ1) is 20.8. The SMILES string of the molecule is COCCN(C(=O)c1ccc(F)cc1)c1nc(-c2cc(OC)ccc2OC)cs1. The fourth-order valence-electron chi connectivity index (χ4n) is 2.74. The van der Waals surface area contributed by atoms with Crippen molar-refractivity contribution in [3.63, 3.8) is 0 Å². The Bertz CT molecular complexity index is 975. The highest BCUT2D eigenvalue weighted by atomic mass is 32.1. The van der Waals surface area contributed by atoms with Gasteiger partial charge in [-0.05, 0) is 42.5 Å². The van der Waals surface area contributed by atoms with Gasteiger partial charge in [-0.15, -0.1) is 11.3 Å². The summed E-state index contributed by atoms with van der Waals surface area (Å²) in [6.45, 7) is 0.652. The molecule has 2 aromatic carbocycles. The summed E-state index contributed by atoms with van der Waals surface area (Å²) in [7, 11) is 4.74. The van der Waals surface area contributed by atoms with Crippen LogP contribution in [0.15, 0.2) is 47.8 Å². The Labute approximate surface area is 172 Å². The number of carbonyl (C=O) groups is 1. The van der Waals surface area contributed by atoms with E-state index in [0.29, 0.717) is 41.0 Å². The van der Waals surface area contributed by atoms with E-state index in [0.717, 1.165) is 5.56 Å². The standard InChI is InChI=1S/C21H21FN2O4S/c1-26-11-10-24(20(25)14-4-6-15(22)7-5-14)21-23-18(13-29-21)17-12-16(27-2)8-9-19(17)28-3/h4-9,12-13H,10-11H2,1-3H3. The van der Waals surface area contributed by atoms with Gasteiger partial charge in [-0.25, -0.2) is 9.37 Å². The zero-order valence-corrected chi connectivity index (χ0v) is 17.2. The predicted molar refractivity (Wildman–Crippen MR) is 111 cm³/mol. The van der Waals surface area contributed by atoms with Crippen LogP contribution in [0.4, 0.5) is 9.52 Å². The fraction of sp³-hybridized carbons (Fsp3) is 0.238. The molecule has 3 aromatic rings. The number of amides is 1. The van der Waals surface area contributed by atoms with E-state index in [-0.39, 0.29) is 5.91 Å². The molecule has 0 unspecified atom stereocenters. The monoisotopic (exact) mass is 416 g/mol. The van der Waals surface area contributed by atoms with Crippen molar-refractivity contribution in [1.29, 1.82) is 0 Å². The second-order valence-electron chi connectivity index (χ2n) is 6.04. The summed E-state index contributed by atoms with van der Waals surface area (Å²) in [5.74, 6) is 0.650. The first-order valence-electron chi connectivity index (χ1n) is 8.81. The van der Waals surface area contributed by atoms with Gasteiger partial charge in [-0.1, -0.05) is 0 Å². The molecular formula is C21H21FN2O4S. The Morgan fingerprint density at radius 2 is 1.86 bits per heavy atom. The Kier molecular flexibility index (Phi) is 6.79. The molecule has 29 heavy (non-hydrogen) atoms. The van der Waals surface area contributed by atoms with Crippen LogP contribution in [0.2, 0.25) is 0 Å². The van der Waals surface area contributed by atoms with Crippen molar-refractivity contribution in [1.82, 2.24) is 4.98 Å². The summed E-state index contributed by atoms with van der Waals surface area (Å²) in [5.41, 5.74) is 1.79. The number of halogens is 1. The lowest BCUT2D eigenvalue weighted by atomic mass is 10.1. The molecule has 0 saturated heterocycles. The van der Waals surface area contributed by atoms with Gasteiger partial charge in [0.15, 0.2) is 5.13 Å². The van der Waals surface area contributed by atoms with Crippen LogP contribution >= 0.6 is 11.3 Å². The molecule has 3 rings (SSSR count). The van der Waals surface area contributed by atoms with Gasteiger partial charge in [0, 0.05) is 23.6 Å². The first-order valence-corrected chi connectivity index (χ1v) is 9.69. The molecule has 0 saturated carbocycles. The van der Waals surface area contributed by atoms with E-state index in [2.05, 4.69) is 4.98 Å². The Hall–Kier alpha value is -2.97. The Morgan fingerprint density at radius 1 is 1.10 bits per heavy atom. The highest BCUT2D eigenvalue weighted by molar-refractivity contribution is 7.14. The minimum Gasteiger partial charge on any atom is -0.497 e. The van der Waals surface area contributed by atoms with E-state index >= 15 is 0 Å². The summed E-state index contributed by atoms with van der Waals surface area (Å²) < 4.78 is 29.1. The molecule has 8 heteroatoms. The number of rotatable bonds is 8. The number of nitrogens with zero attached hydrogens (tertiary/aromatic N) is 2. The quantitative estimate of drug-likeness (QED) is 0.549. The topological polar surface area (TPSA) is 60.9 Å². The average Bonchev–Trinajstić information content (AvgIpc) is 3.23. The second kappa shape index (κ2) is 9.49. The van der Waals surface area contributed by atoms with Crippen LogP contribution in [0.5, 0.6) is 11.5 Å². The average molecular weight is 416 g/mol. The van der Waals surface area contributed by atoms with Crippen LogP contribution in [0.1, 0.15) is 10.4 Å². The highest BCUT2D eigenvalue weighted by Crippen LogP contribution is 2.36. The van der Waals surface area contributed by atoms with E-state index in [1.165, 1.54) is 40.5 Å². The molecular weight excluding hydrogens is 395 g/mol. The van der Waals surface area contributed by atoms with Gasteiger partial charge < -0.3 is 14.2 Å². The molecule has 0 spiro atoms. The number of ether oxygens (including phenoxy) is 3. The molecule has 0 radical (unpaired) electrons. The van der Waals surface area contributed by atoms with Crippen LogP contribution in [0.25, 0.3) is 11.3 Å². The van der Waals surface area contributed by atoms with E-state index in [4.69, 9.17) is 14.2 Å². The minimum atomic E-state index is -0.397. The Morgan fingerprint density at radius 3 is 2.52 bits per heavy atom. The zero-order valence-electron chi connectivity index (χ0n) is 16.3. The van der Waals surface area contributed by atoms with Crippen molar-refractivity contribution in [3.05, 3.63) is 59.2 Å². The lowest BCUT2D eigenvalue weighted by molar-refractivity contribution is 0.0976. The summed E-state index contributed by atoms with van der Waals surface area (Å²) >= 11 is 1.33. The molecule has 0 aliphatic carbocycles. The summed E-state index contributed by atoms with van der Waals surface area (Å²) in [4.78, 5) is 19.2. The third-order valence-electron chi connectivity index (χ3n) is 4.26. The number of aromatic nitrogens is 1. The van der Waals surface area contributed by atoms with Gasteiger partial charge >= 0.3 is 0 Å². The number of carbonyl (C=O) groups excluding carboxylic acids is 1. The predicted octanol–water partition coefficient (Wildman–Crippen LogP) is 4.26. The lowest BCUT2D eigenvalue weighted by Gasteiger charge is -2.19.